The molecule has 1 aliphatic rings. The Balaban J connectivity index is 1.87. The second-order valence-corrected chi connectivity index (χ2v) is 9.63. The topological polar surface area (TPSA) is 81.4 Å². The van der Waals surface area contributed by atoms with E-state index in [-0.39, 0.29) is 17.9 Å². The Morgan fingerprint density at radius 3 is 2.68 bits per heavy atom. The molecule has 2 aromatic heterocycles. The molecule has 7 heteroatoms. The van der Waals surface area contributed by atoms with Crippen molar-refractivity contribution in [2.45, 2.75) is 60.8 Å². The largest absolute Gasteiger partial charge is 0.462 e. The second kappa shape index (κ2) is 7.70. The van der Waals surface area contributed by atoms with Gasteiger partial charge in [-0.3, -0.25) is 4.79 Å². The van der Waals surface area contributed by atoms with Crippen molar-refractivity contribution in [3.8, 4) is 0 Å². The fourth-order valence-electron chi connectivity index (χ4n) is 3.65. The van der Waals surface area contributed by atoms with Crippen LogP contribution in [0.4, 0.5) is 5.00 Å². The van der Waals surface area contributed by atoms with Gasteiger partial charge < -0.3 is 14.6 Å². The number of ether oxygens (including phenoxy) is 1. The summed E-state index contributed by atoms with van der Waals surface area (Å²) in [5, 5.41) is 7.42. The fourth-order valence-corrected chi connectivity index (χ4v) is 4.69. The Hall–Kier alpha value is -2.15. The Kier molecular flexibility index (Phi) is 5.66. The Morgan fingerprint density at radius 2 is 2.04 bits per heavy atom. The van der Waals surface area contributed by atoms with E-state index in [0.717, 1.165) is 41.0 Å². The molecule has 3 rings (SSSR count). The number of nitrogens with zero attached hydrogens (tertiary/aromatic N) is 1. The molecule has 2 heterocycles. The molecule has 1 aliphatic carbocycles. The number of carbonyl (C=O) groups excluding carboxylic acids is 2. The molecule has 152 valence electrons. The molecular formula is C21H28N2O4S. The molecule has 0 aromatic carbocycles. The van der Waals surface area contributed by atoms with Crippen molar-refractivity contribution in [1.29, 1.82) is 0 Å². The highest BCUT2D eigenvalue weighted by molar-refractivity contribution is 7.16. The van der Waals surface area contributed by atoms with Crippen LogP contribution in [0.25, 0.3) is 0 Å². The van der Waals surface area contributed by atoms with E-state index >= 15 is 0 Å². The average molecular weight is 405 g/mol. The van der Waals surface area contributed by atoms with E-state index in [1.807, 2.05) is 13.8 Å². The van der Waals surface area contributed by atoms with Gasteiger partial charge >= 0.3 is 5.97 Å². The van der Waals surface area contributed by atoms with E-state index in [9.17, 15) is 9.59 Å². The minimum Gasteiger partial charge on any atom is -0.462 e. The third kappa shape index (κ3) is 3.85. The second-order valence-electron chi connectivity index (χ2n) is 8.40. The molecule has 0 spiro atoms. The fraction of sp³-hybridized carbons (Fsp3) is 0.571. The van der Waals surface area contributed by atoms with Gasteiger partial charge in [0.25, 0.3) is 5.91 Å². The monoisotopic (exact) mass is 404 g/mol. The molecule has 1 amide bonds. The first-order valence-corrected chi connectivity index (χ1v) is 10.5. The van der Waals surface area contributed by atoms with E-state index in [2.05, 4.69) is 31.2 Å². The van der Waals surface area contributed by atoms with Crippen LogP contribution in [0.15, 0.2) is 4.52 Å². The Labute approximate surface area is 169 Å². The van der Waals surface area contributed by atoms with Crippen LogP contribution in [0.1, 0.15) is 76.7 Å². The number of aryl methyl sites for hydroxylation is 2. The number of nitrogens with one attached hydrogen (secondary N) is 1. The van der Waals surface area contributed by atoms with Crippen LogP contribution < -0.4 is 5.32 Å². The van der Waals surface area contributed by atoms with Crippen molar-refractivity contribution in [3.05, 3.63) is 33.0 Å². The summed E-state index contributed by atoms with van der Waals surface area (Å²) in [5.74, 6) is 0.503. The summed E-state index contributed by atoms with van der Waals surface area (Å²) >= 11 is 1.37. The molecule has 0 unspecified atom stereocenters. The first kappa shape index (κ1) is 20.6. The summed E-state index contributed by atoms with van der Waals surface area (Å²) in [6, 6.07) is 0. The van der Waals surface area contributed by atoms with Crippen molar-refractivity contribution in [1.82, 2.24) is 5.16 Å². The summed E-state index contributed by atoms with van der Waals surface area (Å²) in [5.41, 5.74) is 2.62. The third-order valence-electron chi connectivity index (χ3n) is 5.57. The molecular weight excluding hydrogens is 376 g/mol. The maximum atomic E-state index is 13.0. The molecule has 2 aromatic rings. The first-order chi connectivity index (χ1) is 13.1. The molecule has 1 N–H and O–H groups in total. The van der Waals surface area contributed by atoms with Crippen molar-refractivity contribution >= 4 is 28.2 Å². The zero-order valence-corrected chi connectivity index (χ0v) is 18.2. The van der Waals surface area contributed by atoms with Crippen molar-refractivity contribution in [2.75, 3.05) is 11.9 Å². The molecule has 0 bridgehead atoms. The number of aromatic nitrogens is 1. The van der Waals surface area contributed by atoms with Gasteiger partial charge in [-0.25, -0.2) is 4.79 Å². The van der Waals surface area contributed by atoms with Gasteiger partial charge in [0.1, 0.15) is 10.8 Å². The lowest BCUT2D eigenvalue weighted by Gasteiger charge is -2.33. The maximum absolute atomic E-state index is 13.0. The van der Waals surface area contributed by atoms with Crippen molar-refractivity contribution in [2.24, 2.45) is 11.3 Å². The van der Waals surface area contributed by atoms with Crippen molar-refractivity contribution in [3.63, 3.8) is 0 Å². The van der Waals surface area contributed by atoms with E-state index in [4.69, 9.17) is 9.26 Å². The van der Waals surface area contributed by atoms with Crippen LogP contribution in [0.5, 0.6) is 0 Å². The molecule has 1 atom stereocenters. The van der Waals surface area contributed by atoms with Gasteiger partial charge in [-0.1, -0.05) is 25.9 Å². The highest BCUT2D eigenvalue weighted by Crippen LogP contribution is 2.39. The lowest BCUT2D eigenvalue weighted by molar-refractivity contribution is 0.0527. The number of fused-ring (bicyclic) bond motifs is 1. The van der Waals surface area contributed by atoms with E-state index in [1.165, 1.54) is 11.3 Å². The normalized spacial score (nSPS) is 16.6. The van der Waals surface area contributed by atoms with Gasteiger partial charge in [-0.15, -0.1) is 11.3 Å². The quantitative estimate of drug-likeness (QED) is 0.731. The minimum absolute atomic E-state index is 0.155. The average Bonchev–Trinajstić information content (AvgIpc) is 3.15. The van der Waals surface area contributed by atoms with Gasteiger partial charge in [0.15, 0.2) is 5.69 Å². The number of anilines is 1. The maximum Gasteiger partial charge on any atom is 0.341 e. The summed E-state index contributed by atoms with van der Waals surface area (Å²) < 4.78 is 10.6. The summed E-state index contributed by atoms with van der Waals surface area (Å²) in [6.07, 6.45) is 2.60. The number of thiophene rings is 1. The lowest BCUT2D eigenvalue weighted by Crippen LogP contribution is -2.27. The van der Waals surface area contributed by atoms with Crippen LogP contribution >= 0.6 is 11.3 Å². The van der Waals surface area contributed by atoms with Crippen LogP contribution in [0, 0.1) is 25.2 Å². The SMILES string of the molecule is CCOC(=O)c1c(NC(=O)c2noc3c2C[C@H](C(C)(C)C)CC3)sc(C)c1C. The molecule has 0 fully saturated rings. The molecule has 0 radical (unpaired) electrons. The zero-order valence-electron chi connectivity index (χ0n) is 17.4. The molecule has 0 saturated heterocycles. The lowest BCUT2D eigenvalue weighted by atomic mass is 9.71. The highest BCUT2D eigenvalue weighted by atomic mass is 32.1. The zero-order chi connectivity index (χ0) is 20.6. The Bertz CT molecular complexity index is 904. The predicted octanol–water partition coefficient (Wildman–Crippen LogP) is 4.93. The molecule has 28 heavy (non-hydrogen) atoms. The van der Waals surface area contributed by atoms with Crippen LogP contribution in [0.3, 0.4) is 0 Å². The van der Waals surface area contributed by atoms with Crippen LogP contribution in [0.2, 0.25) is 0 Å². The number of rotatable bonds is 4. The van der Waals surface area contributed by atoms with E-state index in [1.54, 1.807) is 6.92 Å². The minimum atomic E-state index is -0.422. The van der Waals surface area contributed by atoms with Crippen molar-refractivity contribution < 1.29 is 18.8 Å². The van der Waals surface area contributed by atoms with Gasteiger partial charge in [-0.2, -0.15) is 0 Å². The van der Waals surface area contributed by atoms with E-state index in [0.29, 0.717) is 22.2 Å². The number of hydrogen-bond acceptors (Lipinski definition) is 6. The number of carbonyl (C=O) groups is 2. The first-order valence-electron chi connectivity index (χ1n) is 9.69. The van der Waals surface area contributed by atoms with E-state index < -0.39 is 5.97 Å². The summed E-state index contributed by atoms with van der Waals surface area (Å²) in [7, 11) is 0. The van der Waals surface area contributed by atoms with Crippen LogP contribution in [-0.4, -0.2) is 23.6 Å². The third-order valence-corrected chi connectivity index (χ3v) is 6.69. The van der Waals surface area contributed by atoms with Crippen LogP contribution in [-0.2, 0) is 17.6 Å². The standard InChI is InChI=1S/C21H28N2O4S/c1-7-26-20(25)16-11(2)12(3)28-19(16)22-18(24)17-14-10-13(21(4,5)6)8-9-15(14)27-23-17/h13H,7-10H2,1-6H3,(H,22,24)/t13-/m1/s1. The Morgan fingerprint density at radius 1 is 1.32 bits per heavy atom. The molecule has 6 nitrogen and oxygen atoms in total. The summed E-state index contributed by atoms with van der Waals surface area (Å²) in [4.78, 5) is 26.3. The van der Waals surface area contributed by atoms with Gasteiger partial charge in [0.05, 0.1) is 12.2 Å². The molecule has 0 saturated carbocycles. The molecule has 0 aliphatic heterocycles. The van der Waals surface area contributed by atoms with Gasteiger partial charge in [0.2, 0.25) is 0 Å². The highest BCUT2D eigenvalue weighted by Gasteiger charge is 2.34. The number of amides is 1. The van der Waals surface area contributed by atoms with Gasteiger partial charge in [0, 0.05) is 16.9 Å². The summed E-state index contributed by atoms with van der Waals surface area (Å²) in [6.45, 7) is 12.5. The predicted molar refractivity (Wildman–Crippen MR) is 109 cm³/mol. The number of esters is 1. The number of hydrogen-bond donors (Lipinski definition) is 1. The smallest absolute Gasteiger partial charge is 0.341 e. The van der Waals surface area contributed by atoms with Gasteiger partial charge in [-0.05, 0) is 50.5 Å².